The Morgan fingerprint density at radius 1 is 1.71 bits per heavy atom. The van der Waals surface area contributed by atoms with Crippen LogP contribution in [0.4, 0.5) is 10.6 Å². The molecule has 6 heteroatoms. The van der Waals surface area contributed by atoms with Gasteiger partial charge in [0.1, 0.15) is 12.4 Å². The van der Waals surface area contributed by atoms with E-state index in [1.54, 1.807) is 6.07 Å². The average molecular weight is 214 g/mol. The average Bonchev–Trinajstić information content (AvgIpc) is 2.46. The van der Waals surface area contributed by atoms with E-state index in [1.807, 2.05) is 6.92 Å². The van der Waals surface area contributed by atoms with Crippen LogP contribution in [0, 0.1) is 0 Å². The van der Waals surface area contributed by atoms with Crippen LogP contribution in [-0.4, -0.2) is 28.7 Å². The van der Waals surface area contributed by atoms with Crippen LogP contribution in [0.3, 0.4) is 0 Å². The van der Waals surface area contributed by atoms with Crippen molar-refractivity contribution in [2.24, 2.45) is 0 Å². The normalized spacial score (nSPS) is 21.1. The van der Waals surface area contributed by atoms with Crippen LogP contribution in [-0.2, 0) is 4.74 Å². The predicted octanol–water partition coefficient (Wildman–Crippen LogP) is 1.48. The number of anilines is 1. The zero-order valence-electron chi connectivity index (χ0n) is 7.48. The minimum Gasteiger partial charge on any atom is -0.447 e. The molecule has 0 bridgehead atoms. The fourth-order valence-corrected chi connectivity index (χ4v) is 1.44. The van der Waals surface area contributed by atoms with Gasteiger partial charge in [0.05, 0.1) is 6.04 Å². The van der Waals surface area contributed by atoms with Crippen molar-refractivity contribution in [1.29, 1.82) is 0 Å². The van der Waals surface area contributed by atoms with Crippen molar-refractivity contribution in [2.45, 2.75) is 13.0 Å². The van der Waals surface area contributed by atoms with Crippen molar-refractivity contribution in [2.75, 3.05) is 11.5 Å². The maximum absolute atomic E-state index is 11.3. The quantitative estimate of drug-likeness (QED) is 0.663. The molecule has 0 N–H and O–H groups in total. The third kappa shape index (κ3) is 1.50. The summed E-state index contributed by atoms with van der Waals surface area (Å²) in [5.41, 5.74) is 0. The first-order valence-electron chi connectivity index (χ1n) is 4.13. The zero-order chi connectivity index (χ0) is 10.1. The molecule has 1 amide bonds. The zero-order valence-corrected chi connectivity index (χ0v) is 8.23. The van der Waals surface area contributed by atoms with Crippen molar-refractivity contribution in [3.05, 3.63) is 17.5 Å². The number of aromatic nitrogens is 2. The summed E-state index contributed by atoms with van der Waals surface area (Å²) in [7, 11) is 0. The van der Waals surface area contributed by atoms with Gasteiger partial charge < -0.3 is 4.74 Å². The molecule has 0 spiro atoms. The molecule has 0 saturated carbocycles. The summed E-state index contributed by atoms with van der Waals surface area (Å²) in [4.78, 5) is 20.4. The minimum absolute atomic E-state index is 0.0199. The van der Waals surface area contributed by atoms with E-state index in [0.717, 1.165) is 0 Å². The molecule has 1 aromatic rings. The molecule has 1 aliphatic rings. The summed E-state index contributed by atoms with van der Waals surface area (Å²) in [6.45, 7) is 2.25. The number of carbonyl (C=O) groups excluding carboxylic acids is 1. The Kier molecular flexibility index (Phi) is 2.25. The van der Waals surface area contributed by atoms with Gasteiger partial charge >= 0.3 is 6.09 Å². The van der Waals surface area contributed by atoms with Gasteiger partial charge in [-0.15, -0.1) is 0 Å². The van der Waals surface area contributed by atoms with Crippen molar-refractivity contribution in [3.8, 4) is 0 Å². The lowest BCUT2D eigenvalue weighted by molar-refractivity contribution is 0.179. The Hall–Kier alpha value is -1.36. The van der Waals surface area contributed by atoms with E-state index in [0.29, 0.717) is 12.4 Å². The Labute approximate surface area is 85.7 Å². The first kappa shape index (κ1) is 9.21. The number of nitrogens with zero attached hydrogens (tertiary/aromatic N) is 3. The van der Waals surface area contributed by atoms with Gasteiger partial charge in [-0.2, -0.15) is 0 Å². The van der Waals surface area contributed by atoms with Gasteiger partial charge in [-0.05, 0) is 24.6 Å². The molecule has 0 radical (unpaired) electrons. The molecule has 0 aromatic carbocycles. The summed E-state index contributed by atoms with van der Waals surface area (Å²) in [5.74, 6) is 0.472. The highest BCUT2D eigenvalue weighted by Gasteiger charge is 2.31. The maximum Gasteiger partial charge on any atom is 0.415 e. The van der Waals surface area contributed by atoms with Crippen LogP contribution >= 0.6 is 11.6 Å². The van der Waals surface area contributed by atoms with Crippen LogP contribution in [0.2, 0.25) is 5.28 Å². The van der Waals surface area contributed by atoms with Crippen LogP contribution in [0.25, 0.3) is 0 Å². The highest BCUT2D eigenvalue weighted by Crippen LogP contribution is 2.20. The second kappa shape index (κ2) is 3.42. The van der Waals surface area contributed by atoms with E-state index in [1.165, 1.54) is 11.1 Å². The monoisotopic (exact) mass is 213 g/mol. The van der Waals surface area contributed by atoms with Gasteiger partial charge in [0, 0.05) is 6.20 Å². The number of rotatable bonds is 1. The summed E-state index contributed by atoms with van der Waals surface area (Å²) >= 11 is 5.62. The number of cyclic esters (lactones) is 1. The van der Waals surface area contributed by atoms with Crippen LogP contribution in [0.5, 0.6) is 0 Å². The van der Waals surface area contributed by atoms with Gasteiger partial charge in [0.15, 0.2) is 0 Å². The van der Waals surface area contributed by atoms with Crippen LogP contribution < -0.4 is 4.90 Å². The molecular formula is C8H8ClN3O2. The molecule has 0 aliphatic carbocycles. The molecule has 1 fully saturated rings. The number of hydrogen-bond acceptors (Lipinski definition) is 4. The first-order chi connectivity index (χ1) is 6.68. The number of hydrogen-bond donors (Lipinski definition) is 0. The molecule has 1 saturated heterocycles. The lowest BCUT2D eigenvalue weighted by atomic mass is 10.3. The Balaban J connectivity index is 2.34. The van der Waals surface area contributed by atoms with Gasteiger partial charge in [0.2, 0.25) is 5.28 Å². The number of ether oxygens (including phenoxy) is 1. The molecule has 1 aliphatic heterocycles. The Morgan fingerprint density at radius 2 is 2.50 bits per heavy atom. The van der Waals surface area contributed by atoms with Crippen molar-refractivity contribution in [3.63, 3.8) is 0 Å². The van der Waals surface area contributed by atoms with Gasteiger partial charge in [-0.25, -0.2) is 14.8 Å². The maximum atomic E-state index is 11.3. The summed E-state index contributed by atoms with van der Waals surface area (Å²) in [6.07, 6.45) is 1.11. The summed E-state index contributed by atoms with van der Waals surface area (Å²) in [6, 6.07) is 1.60. The van der Waals surface area contributed by atoms with E-state index >= 15 is 0 Å². The smallest absolute Gasteiger partial charge is 0.415 e. The predicted molar refractivity (Wildman–Crippen MR) is 50.3 cm³/mol. The lowest BCUT2D eigenvalue weighted by Crippen LogP contribution is -2.31. The standard InChI is InChI=1S/C8H8ClN3O2/c1-5-4-14-8(13)12(5)6-2-3-10-7(9)11-6/h2-3,5H,4H2,1H3. The third-order valence-electron chi connectivity index (χ3n) is 1.94. The van der Waals surface area contributed by atoms with E-state index in [2.05, 4.69) is 9.97 Å². The van der Waals surface area contributed by atoms with E-state index in [9.17, 15) is 4.79 Å². The lowest BCUT2D eigenvalue weighted by Gasteiger charge is -2.15. The topological polar surface area (TPSA) is 55.3 Å². The van der Waals surface area contributed by atoms with Crippen molar-refractivity contribution >= 4 is 23.5 Å². The van der Waals surface area contributed by atoms with Crippen molar-refractivity contribution < 1.29 is 9.53 Å². The van der Waals surface area contributed by atoms with Crippen LogP contribution in [0.1, 0.15) is 6.92 Å². The molecule has 14 heavy (non-hydrogen) atoms. The van der Waals surface area contributed by atoms with Gasteiger partial charge in [0.25, 0.3) is 0 Å². The summed E-state index contributed by atoms with van der Waals surface area (Å²) in [5, 5.41) is 0.120. The molecule has 5 nitrogen and oxygen atoms in total. The fraction of sp³-hybridized carbons (Fsp3) is 0.375. The molecule has 1 aromatic heterocycles. The fourth-order valence-electron chi connectivity index (χ4n) is 1.30. The highest BCUT2D eigenvalue weighted by atomic mass is 35.5. The molecule has 74 valence electrons. The van der Waals surface area contributed by atoms with Crippen molar-refractivity contribution in [1.82, 2.24) is 9.97 Å². The summed E-state index contributed by atoms with van der Waals surface area (Å²) < 4.78 is 4.86. The molecular weight excluding hydrogens is 206 g/mol. The van der Waals surface area contributed by atoms with Gasteiger partial charge in [-0.1, -0.05) is 0 Å². The largest absolute Gasteiger partial charge is 0.447 e. The SMILES string of the molecule is CC1COC(=O)N1c1ccnc(Cl)n1. The number of carbonyl (C=O) groups is 1. The van der Waals surface area contributed by atoms with E-state index in [4.69, 9.17) is 16.3 Å². The first-order valence-corrected chi connectivity index (χ1v) is 4.51. The Morgan fingerprint density at radius 3 is 3.07 bits per heavy atom. The number of halogens is 1. The Bertz CT molecular complexity index is 371. The third-order valence-corrected chi connectivity index (χ3v) is 2.13. The molecule has 1 unspecified atom stereocenters. The van der Waals surface area contributed by atoms with Gasteiger partial charge in [-0.3, -0.25) is 4.90 Å². The minimum atomic E-state index is -0.396. The molecule has 2 heterocycles. The van der Waals surface area contributed by atoms with E-state index < -0.39 is 6.09 Å². The molecule has 2 rings (SSSR count). The highest BCUT2D eigenvalue weighted by molar-refractivity contribution is 6.28. The van der Waals surface area contributed by atoms with E-state index in [-0.39, 0.29) is 11.3 Å². The molecule has 1 atom stereocenters. The second-order valence-corrected chi connectivity index (χ2v) is 3.32. The number of amides is 1. The van der Waals surface area contributed by atoms with Crippen LogP contribution in [0.15, 0.2) is 12.3 Å². The second-order valence-electron chi connectivity index (χ2n) is 2.98.